The van der Waals surface area contributed by atoms with Crippen LogP contribution >= 0.6 is 0 Å². The van der Waals surface area contributed by atoms with E-state index in [1.54, 1.807) is 0 Å². The summed E-state index contributed by atoms with van der Waals surface area (Å²) in [6.45, 7) is 0.193. The van der Waals surface area contributed by atoms with Gasteiger partial charge in [0.05, 0.1) is 19.0 Å². The number of hydrogen-bond acceptors (Lipinski definition) is 5. The lowest BCUT2D eigenvalue weighted by Crippen LogP contribution is -2.32. The molecule has 3 aromatic rings. The normalized spacial score (nSPS) is 20.7. The maximum absolute atomic E-state index is 14.2. The zero-order chi connectivity index (χ0) is 21.5. The number of carbonyl (C=O) groups is 1. The summed E-state index contributed by atoms with van der Waals surface area (Å²) in [6, 6.07) is 5.53. The first-order valence-corrected chi connectivity index (χ1v) is 9.43. The maximum atomic E-state index is 14.2. The first-order valence-electron chi connectivity index (χ1n) is 9.43. The topological polar surface area (TPSA) is 85.4 Å². The quantitative estimate of drug-likeness (QED) is 0.657. The van der Waals surface area contributed by atoms with E-state index in [9.17, 15) is 18.0 Å². The number of nitrogens with zero attached hydrogens (tertiary/aromatic N) is 2. The highest BCUT2D eigenvalue weighted by molar-refractivity contribution is 5.89. The second-order valence-electron chi connectivity index (χ2n) is 7.18. The molecule has 0 radical (unpaired) electrons. The Bertz CT molecular complexity index is 1160. The molecule has 158 valence electrons. The fourth-order valence-electron chi connectivity index (χ4n) is 3.75. The van der Waals surface area contributed by atoms with E-state index >= 15 is 0 Å². The molecular weight excluding hydrogens is 413 g/mol. The summed E-state index contributed by atoms with van der Waals surface area (Å²) in [7, 11) is 0. The number of nitrogens with one attached hydrogen (secondary N) is 2. The average Bonchev–Trinajstić information content (AvgIpc) is 3.46. The highest BCUT2D eigenvalue weighted by atomic mass is 19.1. The van der Waals surface area contributed by atoms with Crippen LogP contribution in [0.3, 0.4) is 0 Å². The summed E-state index contributed by atoms with van der Waals surface area (Å²) in [4.78, 5) is 20.0. The van der Waals surface area contributed by atoms with E-state index in [1.165, 1.54) is 30.6 Å². The molecule has 1 fully saturated rings. The minimum atomic E-state index is -0.622. The molecule has 0 spiro atoms. The molecule has 1 aliphatic carbocycles. The third kappa shape index (κ3) is 3.60. The molecule has 0 bridgehead atoms. The minimum absolute atomic E-state index is 0.00207. The van der Waals surface area contributed by atoms with Gasteiger partial charge in [0, 0.05) is 35.7 Å². The van der Waals surface area contributed by atoms with Crippen molar-refractivity contribution in [2.45, 2.75) is 12.0 Å². The van der Waals surface area contributed by atoms with Gasteiger partial charge in [0.1, 0.15) is 17.4 Å². The molecule has 7 nitrogen and oxygen atoms in total. The van der Waals surface area contributed by atoms with Gasteiger partial charge in [0.15, 0.2) is 23.1 Å². The van der Waals surface area contributed by atoms with Crippen LogP contribution in [0.1, 0.15) is 11.5 Å². The lowest BCUT2D eigenvalue weighted by molar-refractivity contribution is 0.247. The number of urea groups is 1. The first-order chi connectivity index (χ1) is 15.0. The Labute approximate surface area is 174 Å². The molecule has 5 rings (SSSR count). The van der Waals surface area contributed by atoms with E-state index < -0.39 is 23.5 Å². The molecule has 2 aromatic heterocycles. The van der Waals surface area contributed by atoms with Gasteiger partial charge in [-0.2, -0.15) is 0 Å². The number of amides is 2. The standard InChI is InChI=1S/C21H15F3N4O3/c22-12-2-3-13(23)20-18(12)17-11(9-30-20)19(17)28-21(29)27-16-4-1-10(7-26-16)31-15-5-6-25-8-14(15)24/h1-8,11,17,19H,9H2,(H2,26,27,28,29). The molecule has 3 unspecified atom stereocenters. The summed E-state index contributed by atoms with van der Waals surface area (Å²) >= 11 is 0. The molecule has 2 amide bonds. The summed E-state index contributed by atoms with van der Waals surface area (Å²) in [5.74, 6) is -1.85. The fourth-order valence-corrected chi connectivity index (χ4v) is 3.75. The van der Waals surface area contributed by atoms with Crippen LogP contribution in [0.2, 0.25) is 0 Å². The molecule has 2 N–H and O–H groups in total. The van der Waals surface area contributed by atoms with Gasteiger partial charge in [0.25, 0.3) is 0 Å². The molecular formula is C21H15F3N4O3. The van der Waals surface area contributed by atoms with Crippen molar-refractivity contribution >= 4 is 11.8 Å². The lowest BCUT2D eigenvalue weighted by atomic mass is 10.0. The molecule has 1 saturated carbocycles. The van der Waals surface area contributed by atoms with Crippen LogP contribution < -0.4 is 20.1 Å². The van der Waals surface area contributed by atoms with Gasteiger partial charge < -0.3 is 14.8 Å². The van der Waals surface area contributed by atoms with Crippen LogP contribution in [-0.4, -0.2) is 28.6 Å². The van der Waals surface area contributed by atoms with Gasteiger partial charge >= 0.3 is 6.03 Å². The summed E-state index contributed by atoms with van der Waals surface area (Å²) < 4.78 is 52.4. The predicted octanol–water partition coefficient (Wildman–Crippen LogP) is 3.98. The smallest absolute Gasteiger partial charge is 0.320 e. The lowest BCUT2D eigenvalue weighted by Gasteiger charge is -2.16. The zero-order valence-corrected chi connectivity index (χ0v) is 15.8. The van der Waals surface area contributed by atoms with Crippen LogP contribution in [0.25, 0.3) is 0 Å². The maximum Gasteiger partial charge on any atom is 0.320 e. The van der Waals surface area contributed by atoms with Gasteiger partial charge in [0.2, 0.25) is 0 Å². The van der Waals surface area contributed by atoms with Crippen LogP contribution in [0, 0.1) is 23.4 Å². The highest BCUT2D eigenvalue weighted by Gasteiger charge is 2.57. The third-order valence-electron chi connectivity index (χ3n) is 5.26. The Kier molecular flexibility index (Phi) is 4.61. The van der Waals surface area contributed by atoms with Crippen molar-refractivity contribution in [3.8, 4) is 17.2 Å². The van der Waals surface area contributed by atoms with Crippen LogP contribution in [-0.2, 0) is 0 Å². The van der Waals surface area contributed by atoms with Crippen LogP contribution in [0.15, 0.2) is 48.9 Å². The fraction of sp³-hybridized carbons (Fsp3) is 0.190. The van der Waals surface area contributed by atoms with Crippen LogP contribution in [0.4, 0.5) is 23.8 Å². The number of ether oxygens (including phenoxy) is 2. The van der Waals surface area contributed by atoms with Crippen molar-refractivity contribution in [1.29, 1.82) is 0 Å². The number of anilines is 1. The van der Waals surface area contributed by atoms with Crippen molar-refractivity contribution in [3.63, 3.8) is 0 Å². The first kappa shape index (κ1) is 19.2. The summed E-state index contributed by atoms with van der Waals surface area (Å²) in [5.41, 5.74) is 0.157. The van der Waals surface area contributed by atoms with E-state index in [-0.39, 0.29) is 53.1 Å². The highest BCUT2D eigenvalue weighted by Crippen LogP contribution is 2.55. The van der Waals surface area contributed by atoms with Gasteiger partial charge in [-0.25, -0.2) is 22.9 Å². The Morgan fingerprint density at radius 1 is 1.06 bits per heavy atom. The van der Waals surface area contributed by atoms with Crippen molar-refractivity contribution < 1.29 is 27.4 Å². The van der Waals surface area contributed by atoms with E-state index in [0.717, 1.165) is 18.3 Å². The van der Waals surface area contributed by atoms with Crippen molar-refractivity contribution in [2.75, 3.05) is 11.9 Å². The number of aromatic nitrogens is 2. The van der Waals surface area contributed by atoms with Crippen molar-refractivity contribution in [3.05, 3.63) is 71.9 Å². The third-order valence-corrected chi connectivity index (χ3v) is 5.26. The SMILES string of the molecule is O=C(Nc1ccc(Oc2ccncc2F)cn1)NC1C2COc3c(F)ccc(F)c3C21. The number of hydrogen-bond donors (Lipinski definition) is 2. The van der Waals surface area contributed by atoms with E-state index in [4.69, 9.17) is 9.47 Å². The summed E-state index contributed by atoms with van der Waals surface area (Å²) in [6.07, 6.45) is 3.75. The molecule has 0 saturated heterocycles. The average molecular weight is 428 g/mol. The van der Waals surface area contributed by atoms with Crippen molar-refractivity contribution in [2.24, 2.45) is 5.92 Å². The molecule has 1 aromatic carbocycles. The summed E-state index contributed by atoms with van der Waals surface area (Å²) in [5, 5.41) is 5.31. The second kappa shape index (κ2) is 7.46. The molecule has 10 heteroatoms. The molecule has 3 atom stereocenters. The zero-order valence-electron chi connectivity index (χ0n) is 15.8. The van der Waals surface area contributed by atoms with Gasteiger partial charge in [-0.15, -0.1) is 0 Å². The number of benzene rings is 1. The number of rotatable bonds is 4. The monoisotopic (exact) mass is 428 g/mol. The van der Waals surface area contributed by atoms with Gasteiger partial charge in [-0.3, -0.25) is 10.3 Å². The number of pyridine rings is 2. The molecule has 1 aliphatic heterocycles. The Balaban J connectivity index is 1.21. The largest absolute Gasteiger partial charge is 0.490 e. The second-order valence-corrected chi connectivity index (χ2v) is 7.18. The van der Waals surface area contributed by atoms with E-state index in [0.29, 0.717) is 0 Å². The number of carbonyl (C=O) groups excluding carboxylic acids is 1. The number of fused-ring (bicyclic) bond motifs is 3. The van der Waals surface area contributed by atoms with E-state index in [2.05, 4.69) is 20.6 Å². The number of halogens is 3. The predicted molar refractivity (Wildman–Crippen MR) is 103 cm³/mol. The van der Waals surface area contributed by atoms with Gasteiger partial charge in [-0.1, -0.05) is 0 Å². The van der Waals surface area contributed by atoms with Crippen molar-refractivity contribution in [1.82, 2.24) is 15.3 Å². The van der Waals surface area contributed by atoms with Gasteiger partial charge in [-0.05, 0) is 24.3 Å². The Morgan fingerprint density at radius 3 is 2.68 bits per heavy atom. The van der Waals surface area contributed by atoms with Crippen LogP contribution in [0.5, 0.6) is 17.2 Å². The Morgan fingerprint density at radius 2 is 1.90 bits per heavy atom. The minimum Gasteiger partial charge on any atom is -0.490 e. The molecule has 3 heterocycles. The van der Waals surface area contributed by atoms with E-state index in [1.807, 2.05) is 0 Å². The molecule has 2 aliphatic rings. The molecule has 31 heavy (non-hydrogen) atoms. The Hall–Kier alpha value is -3.82.